The van der Waals surface area contributed by atoms with Gasteiger partial charge in [0.15, 0.2) is 5.13 Å². The summed E-state index contributed by atoms with van der Waals surface area (Å²) in [6.07, 6.45) is 1.16. The van der Waals surface area contributed by atoms with E-state index in [2.05, 4.69) is 29.5 Å². The van der Waals surface area contributed by atoms with Gasteiger partial charge in [0.05, 0.1) is 0 Å². The van der Waals surface area contributed by atoms with E-state index in [0.717, 1.165) is 4.88 Å². The van der Waals surface area contributed by atoms with E-state index in [4.69, 9.17) is 4.74 Å². The first-order chi connectivity index (χ1) is 10.5. The smallest absolute Gasteiger partial charge is 0.408 e. The Morgan fingerprint density at radius 3 is 2.26 bits per heavy atom. The third-order valence-electron chi connectivity index (χ3n) is 2.94. The second-order valence-corrected chi connectivity index (χ2v) is 8.14. The Morgan fingerprint density at radius 2 is 1.83 bits per heavy atom. The minimum absolute atomic E-state index is 0.0768. The van der Waals surface area contributed by atoms with Crippen molar-refractivity contribution in [2.45, 2.75) is 66.0 Å². The van der Waals surface area contributed by atoms with Gasteiger partial charge >= 0.3 is 6.09 Å². The molecule has 0 aliphatic rings. The SMILES string of the molecule is CC(C)c1cnc(NC(=O)[C@@H](NC(=O)OC(C)(C)C)C(C)C)s1. The van der Waals surface area contributed by atoms with Crippen LogP contribution in [0.2, 0.25) is 0 Å². The van der Waals surface area contributed by atoms with Gasteiger partial charge in [-0.15, -0.1) is 11.3 Å². The zero-order valence-corrected chi connectivity index (χ0v) is 15.7. The number of nitrogens with zero attached hydrogens (tertiary/aromatic N) is 1. The number of amides is 2. The number of anilines is 1. The van der Waals surface area contributed by atoms with Crippen LogP contribution in [0.25, 0.3) is 0 Å². The van der Waals surface area contributed by atoms with E-state index < -0.39 is 17.7 Å². The second kappa shape index (κ2) is 7.77. The quantitative estimate of drug-likeness (QED) is 0.854. The molecular formula is C16H27N3O3S. The number of hydrogen-bond donors (Lipinski definition) is 2. The normalized spacial score (nSPS) is 13.1. The van der Waals surface area contributed by atoms with E-state index in [9.17, 15) is 9.59 Å². The molecule has 0 aliphatic heterocycles. The molecule has 2 N–H and O–H groups in total. The number of carbonyl (C=O) groups is 2. The van der Waals surface area contributed by atoms with E-state index in [1.165, 1.54) is 11.3 Å². The van der Waals surface area contributed by atoms with E-state index in [0.29, 0.717) is 11.0 Å². The molecule has 0 unspecified atom stereocenters. The van der Waals surface area contributed by atoms with Crippen molar-refractivity contribution in [3.8, 4) is 0 Å². The first kappa shape index (κ1) is 19.4. The summed E-state index contributed by atoms with van der Waals surface area (Å²) in [6.45, 7) is 13.2. The van der Waals surface area contributed by atoms with Crippen molar-refractivity contribution in [3.05, 3.63) is 11.1 Å². The van der Waals surface area contributed by atoms with Crippen molar-refractivity contribution in [2.75, 3.05) is 5.32 Å². The van der Waals surface area contributed by atoms with Crippen LogP contribution in [-0.4, -0.2) is 28.6 Å². The Kier molecular flexibility index (Phi) is 6.56. The van der Waals surface area contributed by atoms with Gasteiger partial charge in [0.2, 0.25) is 5.91 Å². The molecule has 1 aromatic rings. The maximum absolute atomic E-state index is 12.4. The highest BCUT2D eigenvalue weighted by Gasteiger charge is 2.27. The molecule has 1 heterocycles. The maximum atomic E-state index is 12.4. The van der Waals surface area contributed by atoms with Gasteiger partial charge in [0, 0.05) is 11.1 Å². The summed E-state index contributed by atoms with van der Waals surface area (Å²) in [5, 5.41) is 5.93. The van der Waals surface area contributed by atoms with Gasteiger partial charge in [0.1, 0.15) is 11.6 Å². The average Bonchev–Trinajstić information content (AvgIpc) is 2.81. The van der Waals surface area contributed by atoms with Gasteiger partial charge in [-0.2, -0.15) is 0 Å². The molecule has 0 saturated heterocycles. The Morgan fingerprint density at radius 1 is 1.22 bits per heavy atom. The van der Waals surface area contributed by atoms with Crippen molar-refractivity contribution in [1.82, 2.24) is 10.3 Å². The largest absolute Gasteiger partial charge is 0.444 e. The van der Waals surface area contributed by atoms with E-state index in [-0.39, 0.29) is 11.8 Å². The van der Waals surface area contributed by atoms with Crippen molar-refractivity contribution in [2.24, 2.45) is 5.92 Å². The van der Waals surface area contributed by atoms with Crippen LogP contribution in [0.4, 0.5) is 9.93 Å². The molecule has 1 atom stereocenters. The van der Waals surface area contributed by atoms with Gasteiger partial charge in [-0.25, -0.2) is 9.78 Å². The summed E-state index contributed by atoms with van der Waals surface area (Å²) in [5.74, 6) is -0.0125. The number of ether oxygens (including phenoxy) is 1. The summed E-state index contributed by atoms with van der Waals surface area (Å²) in [7, 11) is 0. The fraction of sp³-hybridized carbons (Fsp3) is 0.688. The van der Waals surface area contributed by atoms with Crippen molar-refractivity contribution < 1.29 is 14.3 Å². The van der Waals surface area contributed by atoms with Crippen LogP contribution in [0.15, 0.2) is 6.20 Å². The summed E-state index contributed by atoms with van der Waals surface area (Å²) in [5.41, 5.74) is -0.608. The molecule has 1 aromatic heterocycles. The molecule has 0 aliphatic carbocycles. The fourth-order valence-corrected chi connectivity index (χ4v) is 2.59. The number of nitrogens with one attached hydrogen (secondary N) is 2. The molecule has 0 radical (unpaired) electrons. The number of thiazole rings is 1. The summed E-state index contributed by atoms with van der Waals surface area (Å²) in [6, 6.07) is -0.684. The van der Waals surface area contributed by atoms with Crippen molar-refractivity contribution in [1.29, 1.82) is 0 Å². The van der Waals surface area contributed by atoms with Gasteiger partial charge in [-0.3, -0.25) is 4.79 Å². The lowest BCUT2D eigenvalue weighted by Crippen LogP contribution is -2.48. The first-order valence-corrected chi connectivity index (χ1v) is 8.57. The van der Waals surface area contributed by atoms with Crippen LogP contribution < -0.4 is 10.6 Å². The number of carbonyl (C=O) groups excluding carboxylic acids is 2. The predicted octanol–water partition coefficient (Wildman–Crippen LogP) is 3.75. The predicted molar refractivity (Wildman–Crippen MR) is 92.8 cm³/mol. The second-order valence-electron chi connectivity index (χ2n) is 7.08. The van der Waals surface area contributed by atoms with Crippen LogP contribution in [0.5, 0.6) is 0 Å². The third kappa shape index (κ3) is 6.56. The van der Waals surface area contributed by atoms with Crippen molar-refractivity contribution >= 4 is 28.5 Å². The third-order valence-corrected chi connectivity index (χ3v) is 4.16. The Bertz CT molecular complexity index is 547. The summed E-state index contributed by atoms with van der Waals surface area (Å²) in [4.78, 5) is 29.6. The van der Waals surface area contributed by atoms with E-state index in [1.54, 1.807) is 27.0 Å². The molecule has 0 bridgehead atoms. The lowest BCUT2D eigenvalue weighted by molar-refractivity contribution is -0.119. The highest BCUT2D eigenvalue weighted by atomic mass is 32.1. The van der Waals surface area contributed by atoms with Crippen LogP contribution in [0.3, 0.4) is 0 Å². The Labute approximate surface area is 142 Å². The molecule has 0 fully saturated rings. The molecule has 2 amide bonds. The number of aromatic nitrogens is 1. The van der Waals surface area contributed by atoms with Gasteiger partial charge < -0.3 is 15.4 Å². The van der Waals surface area contributed by atoms with Gasteiger partial charge in [-0.1, -0.05) is 27.7 Å². The zero-order chi connectivity index (χ0) is 17.8. The Balaban J connectivity index is 2.72. The minimum atomic E-state index is -0.684. The molecule has 0 aromatic carbocycles. The van der Waals surface area contributed by atoms with E-state index in [1.807, 2.05) is 13.8 Å². The van der Waals surface area contributed by atoms with Gasteiger partial charge in [0.25, 0.3) is 0 Å². The number of alkyl carbamates (subject to hydrolysis) is 1. The van der Waals surface area contributed by atoms with Gasteiger partial charge in [-0.05, 0) is 32.6 Å². The molecule has 23 heavy (non-hydrogen) atoms. The average molecular weight is 341 g/mol. The van der Waals surface area contributed by atoms with Crippen LogP contribution in [-0.2, 0) is 9.53 Å². The lowest BCUT2D eigenvalue weighted by atomic mass is 10.0. The number of hydrogen-bond acceptors (Lipinski definition) is 5. The maximum Gasteiger partial charge on any atom is 0.408 e. The standard InChI is InChI=1S/C16H27N3O3S/c1-9(2)11-8-17-14(23-11)19-13(20)12(10(3)4)18-15(21)22-16(5,6)7/h8-10,12H,1-7H3,(H,18,21)(H,17,19,20)/t12-/m0/s1. The first-order valence-electron chi connectivity index (χ1n) is 7.75. The number of rotatable bonds is 5. The molecule has 0 spiro atoms. The highest BCUT2D eigenvalue weighted by Crippen LogP contribution is 2.25. The van der Waals surface area contributed by atoms with Crippen LogP contribution in [0, 0.1) is 5.92 Å². The molecule has 6 nitrogen and oxygen atoms in total. The molecule has 130 valence electrons. The fourth-order valence-electron chi connectivity index (χ4n) is 1.76. The molecule has 0 saturated carbocycles. The minimum Gasteiger partial charge on any atom is -0.444 e. The van der Waals surface area contributed by atoms with Crippen molar-refractivity contribution in [3.63, 3.8) is 0 Å². The lowest BCUT2D eigenvalue weighted by Gasteiger charge is -2.24. The van der Waals surface area contributed by atoms with Crippen LogP contribution >= 0.6 is 11.3 Å². The topological polar surface area (TPSA) is 80.3 Å². The van der Waals surface area contributed by atoms with E-state index >= 15 is 0 Å². The summed E-state index contributed by atoms with van der Waals surface area (Å²) >= 11 is 1.44. The molecular weight excluding hydrogens is 314 g/mol. The highest BCUT2D eigenvalue weighted by molar-refractivity contribution is 7.15. The van der Waals surface area contributed by atoms with Crippen LogP contribution in [0.1, 0.15) is 59.3 Å². The monoisotopic (exact) mass is 341 g/mol. The zero-order valence-electron chi connectivity index (χ0n) is 14.9. The molecule has 7 heteroatoms. The summed E-state index contributed by atoms with van der Waals surface area (Å²) < 4.78 is 5.21. The Hall–Kier alpha value is -1.63. The molecule has 1 rings (SSSR count).